The number of tetrazole rings is 1. The number of phenols is 1. The van der Waals surface area contributed by atoms with E-state index in [4.69, 9.17) is 9.47 Å². The molecular formula is C36H38N6O5S. The van der Waals surface area contributed by atoms with E-state index in [0.29, 0.717) is 24.0 Å². The molecule has 2 heterocycles. The van der Waals surface area contributed by atoms with Gasteiger partial charge in [-0.1, -0.05) is 85.4 Å². The molecule has 4 N–H and O–H groups in total. The van der Waals surface area contributed by atoms with Crippen LogP contribution in [0.25, 0.3) is 16.8 Å². The second-order valence-corrected chi connectivity index (χ2v) is 12.5. The van der Waals surface area contributed by atoms with E-state index in [1.165, 1.54) is 11.8 Å². The van der Waals surface area contributed by atoms with Crippen LogP contribution in [0, 0.1) is 5.92 Å². The highest BCUT2D eigenvalue weighted by atomic mass is 32.2. The van der Waals surface area contributed by atoms with Crippen molar-refractivity contribution < 1.29 is 24.5 Å². The number of nitrogens with zero attached hydrogens (tertiary/aromatic N) is 4. The summed E-state index contributed by atoms with van der Waals surface area (Å²) in [6, 6.07) is 30.6. The fraction of sp³-hybridized carbons (Fsp3) is 0.278. The number of hydrogen-bond acceptors (Lipinski definition) is 9. The minimum atomic E-state index is -0.621. The van der Waals surface area contributed by atoms with Crippen LogP contribution in [0.3, 0.4) is 0 Å². The van der Waals surface area contributed by atoms with Gasteiger partial charge in [-0.3, -0.25) is 0 Å². The number of thioether (sulfide) groups is 1. The third-order valence-electron chi connectivity index (χ3n) is 8.27. The van der Waals surface area contributed by atoms with Gasteiger partial charge < -0.3 is 30.3 Å². The zero-order chi connectivity index (χ0) is 33.5. The lowest BCUT2D eigenvalue weighted by molar-refractivity contribution is -0.268. The van der Waals surface area contributed by atoms with Gasteiger partial charge in [0.1, 0.15) is 5.75 Å². The number of nitrogens with one attached hydrogen (secondary N) is 2. The second-order valence-electron chi connectivity index (χ2n) is 11.6. The summed E-state index contributed by atoms with van der Waals surface area (Å²) in [6.45, 7) is 4.98. The van der Waals surface area contributed by atoms with Crippen LogP contribution in [0.15, 0.2) is 102 Å². The SMILES string of the molecule is CCNC(=O)NCc1cccc(-c2ccc([C@H]3O[C@@H](CSc4nnnn4-c4ccc(O)cc4)[C@@H](C)[C@@H](c4ccc(CO)cc4)O3)cc2)c1. The van der Waals surface area contributed by atoms with E-state index in [1.54, 1.807) is 28.9 Å². The van der Waals surface area contributed by atoms with E-state index in [1.807, 2.05) is 61.5 Å². The predicted octanol–water partition coefficient (Wildman–Crippen LogP) is 5.93. The van der Waals surface area contributed by atoms with Gasteiger partial charge in [-0.25, -0.2) is 4.79 Å². The Balaban J connectivity index is 1.21. The highest BCUT2D eigenvalue weighted by molar-refractivity contribution is 7.99. The molecule has 1 aliphatic rings. The van der Waals surface area contributed by atoms with Crippen molar-refractivity contribution in [1.29, 1.82) is 0 Å². The third-order valence-corrected chi connectivity index (χ3v) is 9.28. The fourth-order valence-corrected chi connectivity index (χ4v) is 6.64. The highest BCUT2D eigenvalue weighted by Gasteiger charge is 2.38. The molecule has 0 spiro atoms. The minimum Gasteiger partial charge on any atom is -0.508 e. The zero-order valence-corrected chi connectivity index (χ0v) is 27.5. The summed E-state index contributed by atoms with van der Waals surface area (Å²) in [5, 5.41) is 37.8. The van der Waals surface area contributed by atoms with Crippen LogP contribution < -0.4 is 10.6 Å². The molecule has 0 aliphatic carbocycles. The highest BCUT2D eigenvalue weighted by Crippen LogP contribution is 2.43. The number of aliphatic hydroxyl groups excluding tert-OH is 1. The van der Waals surface area contributed by atoms with E-state index in [-0.39, 0.29) is 36.5 Å². The number of phenolic OH excluding ortho intramolecular Hbond substituents is 1. The van der Waals surface area contributed by atoms with Gasteiger partial charge in [0.2, 0.25) is 5.16 Å². The van der Waals surface area contributed by atoms with E-state index < -0.39 is 6.29 Å². The molecule has 0 saturated carbocycles. The molecule has 11 nitrogen and oxygen atoms in total. The lowest BCUT2D eigenvalue weighted by Crippen LogP contribution is -2.38. The fourth-order valence-electron chi connectivity index (χ4n) is 5.59. The molecule has 0 unspecified atom stereocenters. The Morgan fingerprint density at radius 3 is 2.38 bits per heavy atom. The van der Waals surface area contributed by atoms with Crippen LogP contribution in [-0.4, -0.2) is 54.9 Å². The Hall–Kier alpha value is -4.75. The van der Waals surface area contributed by atoms with Crippen molar-refractivity contribution in [2.45, 2.75) is 50.7 Å². The van der Waals surface area contributed by atoms with Crippen molar-refractivity contribution in [3.63, 3.8) is 0 Å². The largest absolute Gasteiger partial charge is 0.508 e. The Morgan fingerprint density at radius 2 is 1.65 bits per heavy atom. The summed E-state index contributed by atoms with van der Waals surface area (Å²) in [4.78, 5) is 11.9. The number of aromatic nitrogens is 4. The van der Waals surface area contributed by atoms with Crippen molar-refractivity contribution in [3.05, 3.63) is 119 Å². The van der Waals surface area contributed by atoms with E-state index in [2.05, 4.69) is 51.3 Å². The van der Waals surface area contributed by atoms with Crippen LogP contribution in [0.5, 0.6) is 5.75 Å². The standard InChI is InChI=1S/C36H38N6O5S/c1-3-37-35(45)38-20-25-5-4-6-29(19-25)26-11-13-28(14-12-26)34-46-32(23(2)33(47-34)27-9-7-24(21-43)8-10-27)22-48-36-39-40-41-42(36)30-15-17-31(44)18-16-30/h4-19,23,32-34,43-44H,3,20-22H2,1-2H3,(H2,37,38,45)/t23-,32+,33+,34+/m1/s1. The maximum Gasteiger partial charge on any atom is 0.315 e. The van der Waals surface area contributed by atoms with Gasteiger partial charge in [0.05, 0.1) is 24.5 Å². The summed E-state index contributed by atoms with van der Waals surface area (Å²) in [7, 11) is 0. The molecule has 1 saturated heterocycles. The monoisotopic (exact) mass is 666 g/mol. The zero-order valence-electron chi connectivity index (χ0n) is 26.7. The van der Waals surface area contributed by atoms with Crippen molar-refractivity contribution >= 4 is 17.8 Å². The van der Waals surface area contributed by atoms with Gasteiger partial charge in [-0.15, -0.1) is 5.10 Å². The maximum atomic E-state index is 11.9. The summed E-state index contributed by atoms with van der Waals surface area (Å²) < 4.78 is 14.9. The summed E-state index contributed by atoms with van der Waals surface area (Å²) in [5.41, 5.74) is 6.55. The number of aromatic hydroxyl groups is 1. The Labute approximate surface area is 283 Å². The Morgan fingerprint density at radius 1 is 0.896 bits per heavy atom. The van der Waals surface area contributed by atoms with Gasteiger partial charge >= 0.3 is 6.03 Å². The molecule has 4 atom stereocenters. The second kappa shape index (κ2) is 15.4. The number of ether oxygens (including phenoxy) is 2. The minimum absolute atomic E-state index is 0.0123. The van der Waals surface area contributed by atoms with Crippen molar-refractivity contribution in [2.75, 3.05) is 12.3 Å². The maximum absolute atomic E-state index is 11.9. The number of amides is 2. The number of benzene rings is 4. The number of carbonyl (C=O) groups excluding carboxylic acids is 1. The molecule has 5 aromatic rings. The quantitative estimate of drug-likeness (QED) is 0.126. The molecule has 1 fully saturated rings. The Bertz CT molecular complexity index is 1800. The smallest absolute Gasteiger partial charge is 0.315 e. The summed E-state index contributed by atoms with van der Waals surface area (Å²) >= 11 is 1.49. The average molecular weight is 667 g/mol. The average Bonchev–Trinajstić information content (AvgIpc) is 3.60. The van der Waals surface area contributed by atoms with Crippen molar-refractivity contribution in [1.82, 2.24) is 30.8 Å². The topological polar surface area (TPSA) is 144 Å². The van der Waals surface area contributed by atoms with E-state index >= 15 is 0 Å². The lowest BCUT2D eigenvalue weighted by atomic mass is 9.91. The molecule has 6 rings (SSSR count). The lowest BCUT2D eigenvalue weighted by Gasteiger charge is -2.41. The van der Waals surface area contributed by atoms with Gasteiger partial charge in [0.15, 0.2) is 6.29 Å². The molecule has 1 aromatic heterocycles. The number of urea groups is 1. The molecule has 4 aromatic carbocycles. The number of hydrogen-bond donors (Lipinski definition) is 4. The van der Waals surface area contributed by atoms with Crippen LogP contribution in [0.2, 0.25) is 0 Å². The predicted molar refractivity (Wildman–Crippen MR) is 182 cm³/mol. The number of rotatable bonds is 11. The molecule has 1 aliphatic heterocycles. The molecule has 0 radical (unpaired) electrons. The Kier molecular flexibility index (Phi) is 10.7. The molecule has 12 heteroatoms. The van der Waals surface area contributed by atoms with Gasteiger partial charge in [0.25, 0.3) is 0 Å². The number of aliphatic hydroxyl groups is 1. The molecule has 0 bridgehead atoms. The van der Waals surface area contributed by atoms with Crippen molar-refractivity contribution in [2.24, 2.45) is 5.92 Å². The first kappa shape index (κ1) is 33.2. The molecule has 48 heavy (non-hydrogen) atoms. The van der Waals surface area contributed by atoms with Crippen molar-refractivity contribution in [3.8, 4) is 22.6 Å². The first-order valence-electron chi connectivity index (χ1n) is 15.8. The summed E-state index contributed by atoms with van der Waals surface area (Å²) in [5.74, 6) is 0.725. The van der Waals surface area contributed by atoms with Crippen LogP contribution in [0.1, 0.15) is 48.5 Å². The van der Waals surface area contributed by atoms with Crippen LogP contribution >= 0.6 is 11.8 Å². The van der Waals surface area contributed by atoms with Crippen LogP contribution in [-0.2, 0) is 22.6 Å². The third kappa shape index (κ3) is 7.85. The van der Waals surface area contributed by atoms with E-state index in [9.17, 15) is 15.0 Å². The van der Waals surface area contributed by atoms with Gasteiger partial charge in [0, 0.05) is 30.3 Å². The summed E-state index contributed by atoms with van der Waals surface area (Å²) in [6.07, 6.45) is -1.09. The first-order valence-corrected chi connectivity index (χ1v) is 16.8. The van der Waals surface area contributed by atoms with E-state index in [0.717, 1.165) is 39.1 Å². The van der Waals surface area contributed by atoms with Gasteiger partial charge in [-0.05, 0) is 75.5 Å². The normalized spacial score (nSPS) is 19.1. The molecule has 2 amide bonds. The molecular weight excluding hydrogens is 629 g/mol. The number of carbonyl (C=O) groups is 1. The first-order chi connectivity index (χ1) is 23.4. The molecule has 248 valence electrons. The van der Waals surface area contributed by atoms with Crippen LogP contribution in [0.4, 0.5) is 4.79 Å². The van der Waals surface area contributed by atoms with Gasteiger partial charge in [-0.2, -0.15) is 4.68 Å².